The largest absolute Gasteiger partial charge is 0.503 e. The third kappa shape index (κ3) is 7.96. The fourth-order valence-electron chi connectivity index (χ4n) is 5.93. The molecule has 1 aromatic carbocycles. The number of methoxy groups -OCH3 is 1. The number of piperidine rings is 1. The predicted molar refractivity (Wildman–Crippen MR) is 150 cm³/mol. The maximum atomic E-state index is 13.2. The first-order chi connectivity index (χ1) is 19.7. The van der Waals surface area contributed by atoms with Crippen molar-refractivity contribution in [3.8, 4) is 0 Å². The number of likely N-dealkylation sites (tertiary alicyclic amines) is 1. The number of halogens is 3. The molecule has 42 heavy (non-hydrogen) atoms. The van der Waals surface area contributed by atoms with Crippen LogP contribution in [0.5, 0.6) is 0 Å². The normalized spacial score (nSPS) is 20.4. The number of rotatable bonds is 6. The van der Waals surface area contributed by atoms with Crippen LogP contribution in [0.25, 0.3) is 0 Å². The summed E-state index contributed by atoms with van der Waals surface area (Å²) in [6, 6.07) is 5.52. The van der Waals surface area contributed by atoms with Gasteiger partial charge in [0.15, 0.2) is 0 Å². The first-order valence-corrected chi connectivity index (χ1v) is 13.8. The van der Waals surface area contributed by atoms with Gasteiger partial charge in [0, 0.05) is 51.4 Å². The molecule has 0 radical (unpaired) electrons. The number of amides is 1. The van der Waals surface area contributed by atoms with E-state index < -0.39 is 17.9 Å². The summed E-state index contributed by atoms with van der Waals surface area (Å²) in [4.78, 5) is 37.0. The zero-order chi connectivity index (χ0) is 31.2. The number of nitrogens with zero attached hydrogens (tertiary/aromatic N) is 5. The predicted octanol–water partition coefficient (Wildman–Crippen LogP) is 4.72. The molecule has 1 amide bonds. The van der Waals surface area contributed by atoms with Crippen molar-refractivity contribution in [3.05, 3.63) is 58.7 Å². The molecule has 0 aliphatic carbocycles. The minimum atomic E-state index is -4.35. The summed E-state index contributed by atoms with van der Waals surface area (Å²) in [5.41, 5.74) is 2.18. The molecule has 13 heteroatoms. The highest BCUT2D eigenvalue weighted by atomic mass is 19.4. The minimum Gasteiger partial charge on any atom is -0.450 e. The molecule has 2 fully saturated rings. The number of aryl methyl sites for hydroxylation is 2. The molecule has 2 aliphatic rings. The van der Waals surface area contributed by atoms with Gasteiger partial charge in [-0.05, 0) is 58.2 Å². The lowest BCUT2D eigenvalue weighted by molar-refractivity contribution is -0.137. The van der Waals surface area contributed by atoms with Gasteiger partial charge in [0.2, 0.25) is 0 Å². The zero-order valence-electron chi connectivity index (χ0n) is 24.7. The molecule has 232 valence electrons. The van der Waals surface area contributed by atoms with Crippen LogP contribution in [0.3, 0.4) is 0 Å². The Morgan fingerprint density at radius 3 is 2.07 bits per heavy atom. The molecule has 2 aliphatic heterocycles. The number of aromatic nitrogens is 2. The standard InChI is InChI=1S/C28H38F3N5O2.CH2O3/c1-19-16-35(14-15-36(19)24(17-38-5)22-6-8-23(9-7-22)28(29,30)31)27(4)10-12-34(13-11-27)26(37)25-20(2)32-18-33-21(25)3;2-1(3)4/h6-9,18-19,24H,10-17H2,1-5H3;(H2,2,3,4)/t19-,24-;/m0./s1. The van der Waals surface area contributed by atoms with E-state index in [4.69, 9.17) is 19.7 Å². The molecule has 2 atom stereocenters. The molecule has 2 N–H and O–H groups in total. The van der Waals surface area contributed by atoms with Crippen LogP contribution in [-0.2, 0) is 10.9 Å². The SMILES string of the molecule is COC[C@@H](c1ccc(C(F)(F)F)cc1)N1CCN(C2(C)CCN(C(=O)c3c(C)ncnc3C)CC2)C[C@@H]1C.O=C(O)O. The van der Waals surface area contributed by atoms with E-state index >= 15 is 0 Å². The Labute approximate surface area is 244 Å². The average molecular weight is 596 g/mol. The summed E-state index contributed by atoms with van der Waals surface area (Å²) in [5, 5.41) is 13.9. The summed E-state index contributed by atoms with van der Waals surface area (Å²) in [5.74, 6) is -0.000198. The number of ether oxygens (including phenoxy) is 1. The van der Waals surface area contributed by atoms with Crippen molar-refractivity contribution in [2.45, 2.75) is 64.3 Å². The lowest BCUT2D eigenvalue weighted by atomic mass is 9.86. The average Bonchev–Trinajstić information content (AvgIpc) is 2.91. The molecule has 2 saturated heterocycles. The number of benzene rings is 1. The molecule has 0 bridgehead atoms. The second-order valence-corrected chi connectivity index (χ2v) is 11.1. The molecule has 2 aromatic rings. The molecular weight excluding hydrogens is 555 g/mol. The van der Waals surface area contributed by atoms with Crippen molar-refractivity contribution in [1.29, 1.82) is 0 Å². The molecule has 3 heterocycles. The molecule has 1 aromatic heterocycles. The first-order valence-electron chi connectivity index (χ1n) is 13.8. The van der Waals surface area contributed by atoms with E-state index in [2.05, 4.69) is 33.6 Å². The van der Waals surface area contributed by atoms with E-state index in [0.717, 1.165) is 50.2 Å². The van der Waals surface area contributed by atoms with Crippen molar-refractivity contribution < 1.29 is 37.7 Å². The van der Waals surface area contributed by atoms with Crippen molar-refractivity contribution in [1.82, 2.24) is 24.7 Å². The van der Waals surface area contributed by atoms with E-state index in [9.17, 15) is 18.0 Å². The fourth-order valence-corrected chi connectivity index (χ4v) is 5.93. The summed E-state index contributed by atoms with van der Waals surface area (Å²) in [6.45, 7) is 12.4. The van der Waals surface area contributed by atoms with Gasteiger partial charge in [0.25, 0.3) is 5.91 Å². The zero-order valence-corrected chi connectivity index (χ0v) is 24.7. The van der Waals surface area contributed by atoms with E-state index in [-0.39, 0.29) is 23.5 Å². The molecule has 0 spiro atoms. The number of carboxylic acid groups (broad SMARTS) is 2. The van der Waals surface area contributed by atoms with Gasteiger partial charge in [-0.2, -0.15) is 13.2 Å². The van der Waals surface area contributed by atoms with Gasteiger partial charge in [-0.1, -0.05) is 12.1 Å². The van der Waals surface area contributed by atoms with Crippen LogP contribution in [-0.4, -0.2) is 105 Å². The van der Waals surface area contributed by atoms with E-state index in [0.29, 0.717) is 36.6 Å². The van der Waals surface area contributed by atoms with Crippen molar-refractivity contribution in [2.75, 3.05) is 46.4 Å². The maximum Gasteiger partial charge on any atom is 0.503 e. The number of hydrogen-bond donors (Lipinski definition) is 2. The van der Waals surface area contributed by atoms with Crippen molar-refractivity contribution in [3.63, 3.8) is 0 Å². The van der Waals surface area contributed by atoms with Gasteiger partial charge in [0.05, 0.1) is 35.2 Å². The quantitative estimate of drug-likeness (QED) is 0.489. The maximum absolute atomic E-state index is 13.2. The Morgan fingerprint density at radius 1 is 1.05 bits per heavy atom. The number of piperazine rings is 1. The van der Waals surface area contributed by atoms with Crippen LogP contribution >= 0.6 is 0 Å². The Bertz CT molecular complexity index is 1190. The summed E-state index contributed by atoms with van der Waals surface area (Å²) in [6.07, 6.45) is -2.95. The van der Waals surface area contributed by atoms with E-state index in [1.807, 2.05) is 18.7 Å². The number of alkyl halides is 3. The minimum absolute atomic E-state index is 0.000198. The van der Waals surface area contributed by atoms with Crippen LogP contribution < -0.4 is 0 Å². The number of carbonyl (C=O) groups excluding carboxylic acids is 1. The Hall–Kier alpha value is -3.29. The summed E-state index contributed by atoms with van der Waals surface area (Å²) >= 11 is 0. The topological polar surface area (TPSA) is 119 Å². The van der Waals surface area contributed by atoms with Crippen LogP contribution in [0.4, 0.5) is 18.0 Å². The van der Waals surface area contributed by atoms with Gasteiger partial charge in [0.1, 0.15) is 6.33 Å². The van der Waals surface area contributed by atoms with Crippen LogP contribution in [0.2, 0.25) is 0 Å². The second-order valence-electron chi connectivity index (χ2n) is 11.1. The monoisotopic (exact) mass is 595 g/mol. The van der Waals surface area contributed by atoms with Crippen LogP contribution in [0, 0.1) is 13.8 Å². The van der Waals surface area contributed by atoms with Gasteiger partial charge >= 0.3 is 12.3 Å². The smallest absolute Gasteiger partial charge is 0.450 e. The molecule has 4 rings (SSSR count). The van der Waals surface area contributed by atoms with Crippen molar-refractivity contribution in [2.24, 2.45) is 0 Å². The lowest BCUT2D eigenvalue weighted by Gasteiger charge is -2.52. The Morgan fingerprint density at radius 2 is 1.60 bits per heavy atom. The molecule has 0 saturated carbocycles. The fraction of sp³-hybridized carbons (Fsp3) is 0.586. The Balaban J connectivity index is 0.00000114. The molecule has 10 nitrogen and oxygen atoms in total. The number of carbonyl (C=O) groups is 2. The number of hydrogen-bond acceptors (Lipinski definition) is 7. The highest BCUT2D eigenvalue weighted by Gasteiger charge is 2.41. The highest BCUT2D eigenvalue weighted by molar-refractivity contribution is 5.96. The molecular formula is C29H40F3N5O5. The van der Waals surface area contributed by atoms with Gasteiger partial charge in [-0.25, -0.2) is 14.8 Å². The van der Waals surface area contributed by atoms with Gasteiger partial charge in [-0.3, -0.25) is 14.6 Å². The summed E-state index contributed by atoms with van der Waals surface area (Å²) in [7, 11) is 1.62. The van der Waals surface area contributed by atoms with Gasteiger partial charge in [-0.15, -0.1) is 0 Å². The first kappa shape index (κ1) is 33.2. The van der Waals surface area contributed by atoms with Gasteiger partial charge < -0.3 is 19.8 Å². The lowest BCUT2D eigenvalue weighted by Crippen LogP contribution is -2.62. The van der Waals surface area contributed by atoms with Crippen LogP contribution in [0.1, 0.15) is 65.6 Å². The van der Waals surface area contributed by atoms with Crippen LogP contribution in [0.15, 0.2) is 30.6 Å². The van der Waals surface area contributed by atoms with Crippen molar-refractivity contribution >= 4 is 12.1 Å². The summed E-state index contributed by atoms with van der Waals surface area (Å²) < 4.78 is 44.7. The highest BCUT2D eigenvalue weighted by Crippen LogP contribution is 2.35. The molecule has 0 unspecified atom stereocenters. The third-order valence-electron chi connectivity index (χ3n) is 8.36. The van der Waals surface area contributed by atoms with E-state index in [1.165, 1.54) is 6.33 Å². The Kier molecular flexibility index (Phi) is 10.9. The third-order valence-corrected chi connectivity index (χ3v) is 8.36. The second kappa shape index (κ2) is 13.8. The van der Waals surface area contributed by atoms with E-state index in [1.54, 1.807) is 19.2 Å².